The zero-order chi connectivity index (χ0) is 14.9. The average Bonchev–Trinajstić information content (AvgIpc) is 2.26. The van der Waals surface area contributed by atoms with Crippen molar-refractivity contribution in [2.45, 2.75) is 10.4 Å². The first-order valence-corrected chi connectivity index (χ1v) is 7.23. The third-order valence-corrected chi connectivity index (χ3v) is 4.66. The topological polar surface area (TPSA) is 86.7 Å². The first-order valence-electron chi connectivity index (χ1n) is 4.41. The summed E-state index contributed by atoms with van der Waals surface area (Å²) in [6, 6.07) is 3.94. The zero-order valence-corrected chi connectivity index (χ0v) is 10.8. The molecular weight excluding hydrogens is 313 g/mol. The normalized spacial score (nSPS) is 13.3. The van der Waals surface area contributed by atoms with Crippen molar-refractivity contribution in [3.8, 4) is 5.75 Å². The highest BCUT2D eigenvalue weighted by Gasteiger charge is 2.50. The molecule has 0 aliphatic rings. The second-order valence-corrected chi connectivity index (χ2v) is 6.39. The van der Waals surface area contributed by atoms with Crippen LogP contribution in [0.25, 0.3) is 0 Å². The summed E-state index contributed by atoms with van der Waals surface area (Å²) in [6.45, 7) is 0. The summed E-state index contributed by atoms with van der Waals surface area (Å²) in [7, 11) is -10.0. The molecule has 0 saturated heterocycles. The molecule has 0 N–H and O–H groups in total. The fourth-order valence-corrected chi connectivity index (χ4v) is 2.97. The molecule has 19 heavy (non-hydrogen) atoms. The third-order valence-electron chi connectivity index (χ3n) is 1.81. The quantitative estimate of drug-likeness (QED) is 0.776. The number of benzene rings is 1. The Morgan fingerprint density at radius 2 is 1.47 bits per heavy atom. The van der Waals surface area contributed by atoms with Crippen LogP contribution >= 0.6 is 0 Å². The van der Waals surface area contributed by atoms with Crippen LogP contribution in [0, 0.1) is 0 Å². The number of hydrogen-bond donors (Lipinski definition) is 0. The highest BCUT2D eigenvalue weighted by atomic mass is 32.3. The average molecular weight is 320 g/mol. The molecule has 0 heterocycles. The van der Waals surface area contributed by atoms with Gasteiger partial charge in [0.1, 0.15) is 5.75 Å². The summed E-state index contributed by atoms with van der Waals surface area (Å²) < 4.78 is 87.9. The van der Waals surface area contributed by atoms with Crippen molar-refractivity contribution in [2.24, 2.45) is 0 Å². The number of hydrogen-bond acceptors (Lipinski definition) is 6. The molecule has 0 spiro atoms. The fourth-order valence-electron chi connectivity index (χ4n) is 0.938. The van der Waals surface area contributed by atoms with Gasteiger partial charge < -0.3 is 4.74 Å². The van der Waals surface area contributed by atoms with Crippen molar-refractivity contribution in [3.63, 3.8) is 0 Å². The van der Waals surface area contributed by atoms with E-state index in [0.29, 0.717) is 0 Å². The lowest BCUT2D eigenvalue weighted by molar-refractivity contribution is -0.0498. The molecule has 0 fully saturated rings. The van der Waals surface area contributed by atoms with Gasteiger partial charge in [0, 0.05) is 0 Å². The van der Waals surface area contributed by atoms with Gasteiger partial charge in [-0.1, -0.05) is 0 Å². The van der Waals surface area contributed by atoms with E-state index < -0.39 is 30.6 Å². The van der Waals surface area contributed by atoms with Crippen molar-refractivity contribution < 1.29 is 38.4 Å². The van der Waals surface area contributed by atoms with Crippen LogP contribution in [0.1, 0.15) is 0 Å². The van der Waals surface area contributed by atoms with Crippen LogP contribution in [0.15, 0.2) is 29.2 Å². The summed E-state index contributed by atoms with van der Waals surface area (Å²) in [5.41, 5.74) is -5.83. The van der Waals surface area contributed by atoms with Crippen molar-refractivity contribution in [2.75, 3.05) is 7.11 Å². The van der Waals surface area contributed by atoms with E-state index in [4.69, 9.17) is 4.74 Å². The monoisotopic (exact) mass is 320 g/mol. The van der Waals surface area contributed by atoms with Gasteiger partial charge in [0.25, 0.3) is 0 Å². The van der Waals surface area contributed by atoms with E-state index in [9.17, 15) is 30.0 Å². The van der Waals surface area contributed by atoms with Gasteiger partial charge in [-0.05, 0) is 24.3 Å². The number of halogens is 3. The minimum absolute atomic E-state index is 0.234. The number of methoxy groups -OCH3 is 1. The highest BCUT2D eigenvalue weighted by Crippen LogP contribution is 2.28. The number of alkyl halides is 3. The summed E-state index contributed by atoms with van der Waals surface area (Å²) in [6.07, 6.45) is 0. The first-order chi connectivity index (χ1) is 8.49. The zero-order valence-electron chi connectivity index (χ0n) is 9.21. The molecule has 6 nitrogen and oxygen atoms in total. The maximum Gasteiger partial charge on any atom is 0.524 e. The Balaban J connectivity index is 3.12. The molecule has 0 unspecified atom stereocenters. The molecule has 0 amide bonds. The van der Waals surface area contributed by atoms with E-state index in [1.807, 2.05) is 0 Å². The van der Waals surface area contributed by atoms with E-state index in [0.717, 1.165) is 24.3 Å². The van der Waals surface area contributed by atoms with Gasteiger partial charge in [-0.25, -0.2) is 0 Å². The molecule has 0 saturated carbocycles. The van der Waals surface area contributed by atoms with Gasteiger partial charge in [-0.3, -0.25) is 0 Å². The Morgan fingerprint density at radius 3 is 1.84 bits per heavy atom. The fraction of sp³-hybridized carbons (Fsp3) is 0.250. The summed E-state index contributed by atoms with van der Waals surface area (Å²) in [5, 5.41) is 0. The van der Waals surface area contributed by atoms with Crippen LogP contribution < -0.4 is 4.74 Å². The van der Waals surface area contributed by atoms with Gasteiger partial charge in [-0.2, -0.15) is 30.0 Å². The minimum atomic E-state index is -6.24. The van der Waals surface area contributed by atoms with Crippen LogP contribution in [0.3, 0.4) is 0 Å². The second-order valence-electron chi connectivity index (χ2n) is 3.10. The molecule has 0 atom stereocenters. The Labute approximate surface area is 107 Å². The van der Waals surface area contributed by atoms with E-state index in [2.05, 4.69) is 3.63 Å². The summed E-state index contributed by atoms with van der Waals surface area (Å²) in [5.74, 6) is 0.234. The van der Waals surface area contributed by atoms with E-state index in [1.165, 1.54) is 7.11 Å². The molecule has 0 aliphatic carbocycles. The molecular formula is C8H7F3O6S2. The van der Waals surface area contributed by atoms with E-state index in [-0.39, 0.29) is 5.75 Å². The Bertz CT molecular complexity index is 645. The minimum Gasteiger partial charge on any atom is -0.497 e. The number of ether oxygens (including phenoxy) is 1. The first kappa shape index (κ1) is 15.7. The molecule has 11 heteroatoms. The van der Waals surface area contributed by atoms with Gasteiger partial charge in [0.15, 0.2) is 0 Å². The van der Waals surface area contributed by atoms with Crippen LogP contribution in [-0.4, -0.2) is 29.5 Å². The van der Waals surface area contributed by atoms with E-state index in [1.54, 1.807) is 0 Å². The van der Waals surface area contributed by atoms with Crippen molar-refractivity contribution in [1.82, 2.24) is 0 Å². The highest BCUT2D eigenvalue weighted by molar-refractivity contribution is 8.00. The lowest BCUT2D eigenvalue weighted by Gasteiger charge is -2.08. The molecule has 108 valence electrons. The summed E-state index contributed by atoms with van der Waals surface area (Å²) >= 11 is 0. The smallest absolute Gasteiger partial charge is 0.497 e. The van der Waals surface area contributed by atoms with Gasteiger partial charge in [-0.15, -0.1) is 3.63 Å². The van der Waals surface area contributed by atoms with E-state index >= 15 is 0 Å². The van der Waals surface area contributed by atoms with Crippen LogP contribution in [0.2, 0.25) is 0 Å². The predicted molar refractivity (Wildman–Crippen MR) is 56.2 cm³/mol. The van der Waals surface area contributed by atoms with Gasteiger partial charge in [0.05, 0.1) is 12.0 Å². The predicted octanol–water partition coefficient (Wildman–Crippen LogP) is 1.25. The molecule has 1 aromatic carbocycles. The molecule has 0 radical (unpaired) electrons. The Hall–Kier alpha value is -1.33. The Morgan fingerprint density at radius 1 is 1.00 bits per heavy atom. The largest absolute Gasteiger partial charge is 0.524 e. The van der Waals surface area contributed by atoms with Crippen molar-refractivity contribution >= 4 is 20.2 Å². The maximum atomic E-state index is 12.0. The maximum absolute atomic E-state index is 12.0. The standard InChI is InChI=1S/C8H7F3O6S2/c1-16-6-2-4-7(5-3-6)18(12,13)17-19(14,15)8(9,10)11/h2-5H,1H3. The van der Waals surface area contributed by atoms with Crippen LogP contribution in [0.4, 0.5) is 13.2 Å². The second kappa shape index (κ2) is 4.98. The molecule has 1 rings (SSSR count). The number of rotatable bonds is 4. The van der Waals surface area contributed by atoms with Crippen LogP contribution in [-0.2, 0) is 23.9 Å². The summed E-state index contributed by atoms with van der Waals surface area (Å²) in [4.78, 5) is -0.749. The van der Waals surface area contributed by atoms with Gasteiger partial charge >= 0.3 is 25.7 Å². The van der Waals surface area contributed by atoms with Crippen molar-refractivity contribution in [3.05, 3.63) is 24.3 Å². The molecule has 0 aliphatic heterocycles. The third kappa shape index (κ3) is 3.58. The van der Waals surface area contributed by atoms with Crippen LogP contribution in [0.5, 0.6) is 5.75 Å². The SMILES string of the molecule is COc1ccc(S(=O)(=O)OS(=O)(=O)C(F)(F)F)cc1. The molecule has 0 aromatic heterocycles. The molecule has 0 bridgehead atoms. The Kier molecular flexibility index (Phi) is 4.12. The van der Waals surface area contributed by atoms with Gasteiger partial charge in [0.2, 0.25) is 0 Å². The lowest BCUT2D eigenvalue weighted by Crippen LogP contribution is -2.28. The lowest BCUT2D eigenvalue weighted by atomic mass is 10.3. The molecule has 1 aromatic rings. The van der Waals surface area contributed by atoms with Crippen molar-refractivity contribution in [1.29, 1.82) is 0 Å².